The van der Waals surface area contributed by atoms with Crippen LogP contribution in [-0.4, -0.2) is 4.57 Å². The van der Waals surface area contributed by atoms with Crippen molar-refractivity contribution in [3.8, 4) is 0 Å². The van der Waals surface area contributed by atoms with Crippen LogP contribution in [0.4, 0.5) is 0 Å². The number of rotatable bonds is 2. The molecule has 0 spiro atoms. The molecule has 0 bridgehead atoms. The summed E-state index contributed by atoms with van der Waals surface area (Å²) in [6.07, 6.45) is 1.76. The van der Waals surface area contributed by atoms with Crippen molar-refractivity contribution in [2.45, 2.75) is 20.4 Å². The van der Waals surface area contributed by atoms with E-state index in [2.05, 4.69) is 15.9 Å². The van der Waals surface area contributed by atoms with Crippen LogP contribution in [0.15, 0.2) is 32.6 Å². The minimum atomic E-state index is 0.0195. The Bertz CT molecular complexity index is 423. The molecule has 0 atom stereocenters. The van der Waals surface area contributed by atoms with Crippen molar-refractivity contribution in [3.05, 3.63) is 43.8 Å². The predicted molar refractivity (Wildman–Crippen MR) is 62.7 cm³/mol. The zero-order chi connectivity index (χ0) is 10.7. The maximum absolute atomic E-state index is 11.6. The summed E-state index contributed by atoms with van der Waals surface area (Å²) in [5, 5.41) is 0. The number of pyridine rings is 1. The van der Waals surface area contributed by atoms with E-state index >= 15 is 0 Å². The number of hydrogen-bond acceptors (Lipinski definition) is 1. The van der Waals surface area contributed by atoms with Crippen molar-refractivity contribution in [3.63, 3.8) is 0 Å². The molecule has 0 N–H and O–H groups in total. The molecular formula is C10H11BrClNO. The Morgan fingerprint density at radius 2 is 2.36 bits per heavy atom. The van der Waals surface area contributed by atoms with Gasteiger partial charge in [-0.2, -0.15) is 0 Å². The fourth-order valence-electron chi connectivity index (χ4n) is 1.16. The number of allylic oxidation sites excluding steroid dienone is 1. The summed E-state index contributed by atoms with van der Waals surface area (Å²) < 4.78 is 2.53. The second-order valence-electron chi connectivity index (χ2n) is 3.23. The van der Waals surface area contributed by atoms with Crippen LogP contribution in [0.25, 0.3) is 0 Å². The topological polar surface area (TPSA) is 22.0 Å². The zero-order valence-corrected chi connectivity index (χ0v) is 10.4. The molecule has 0 unspecified atom stereocenters. The van der Waals surface area contributed by atoms with Crippen LogP contribution >= 0.6 is 27.5 Å². The number of halogens is 2. The second-order valence-corrected chi connectivity index (χ2v) is 4.36. The fraction of sp³-hybridized carbons (Fsp3) is 0.300. The summed E-state index contributed by atoms with van der Waals surface area (Å²) >= 11 is 8.89. The minimum Gasteiger partial charge on any atom is -0.310 e. The van der Waals surface area contributed by atoms with E-state index in [9.17, 15) is 4.79 Å². The van der Waals surface area contributed by atoms with Crippen molar-refractivity contribution in [2.75, 3.05) is 0 Å². The highest BCUT2D eigenvalue weighted by Gasteiger charge is 2.01. The number of aromatic nitrogens is 1. The van der Waals surface area contributed by atoms with Gasteiger partial charge >= 0.3 is 0 Å². The Morgan fingerprint density at radius 3 is 2.93 bits per heavy atom. The lowest BCUT2D eigenvalue weighted by Crippen LogP contribution is -2.22. The van der Waals surface area contributed by atoms with Crippen molar-refractivity contribution >= 4 is 27.5 Å². The SMILES string of the molecule is C/C(=C/Cl)Cn1cc(Br)cc(C)c1=O. The van der Waals surface area contributed by atoms with Crippen LogP contribution in [-0.2, 0) is 6.54 Å². The molecule has 0 radical (unpaired) electrons. The van der Waals surface area contributed by atoms with Gasteiger partial charge < -0.3 is 4.57 Å². The minimum absolute atomic E-state index is 0.0195. The van der Waals surface area contributed by atoms with Gasteiger partial charge in [0.2, 0.25) is 0 Å². The van der Waals surface area contributed by atoms with Crippen LogP contribution < -0.4 is 5.56 Å². The third-order valence-corrected chi connectivity index (χ3v) is 2.64. The molecule has 0 aliphatic carbocycles. The first-order valence-corrected chi connectivity index (χ1v) is 5.40. The zero-order valence-electron chi connectivity index (χ0n) is 8.05. The summed E-state index contributed by atoms with van der Waals surface area (Å²) in [6.45, 7) is 4.21. The number of aryl methyl sites for hydroxylation is 1. The lowest BCUT2D eigenvalue weighted by Gasteiger charge is -2.07. The van der Waals surface area contributed by atoms with E-state index in [1.165, 1.54) is 5.54 Å². The van der Waals surface area contributed by atoms with E-state index in [1.807, 2.05) is 6.92 Å². The number of hydrogen-bond donors (Lipinski definition) is 0. The highest BCUT2D eigenvalue weighted by molar-refractivity contribution is 9.10. The summed E-state index contributed by atoms with van der Waals surface area (Å²) in [5.74, 6) is 0. The van der Waals surface area contributed by atoms with Crippen LogP contribution in [0.2, 0.25) is 0 Å². The van der Waals surface area contributed by atoms with Crippen LogP contribution in [0, 0.1) is 6.92 Å². The summed E-state index contributed by atoms with van der Waals surface area (Å²) in [4.78, 5) is 11.6. The van der Waals surface area contributed by atoms with E-state index in [-0.39, 0.29) is 5.56 Å². The Kier molecular flexibility index (Phi) is 3.96. The highest BCUT2D eigenvalue weighted by Crippen LogP contribution is 2.09. The van der Waals surface area contributed by atoms with Gasteiger partial charge in [0.25, 0.3) is 5.56 Å². The van der Waals surface area contributed by atoms with E-state index in [0.717, 1.165) is 15.6 Å². The normalized spacial score (nSPS) is 11.9. The maximum Gasteiger partial charge on any atom is 0.253 e. The van der Waals surface area contributed by atoms with Gasteiger partial charge in [0.1, 0.15) is 0 Å². The van der Waals surface area contributed by atoms with Crippen LogP contribution in [0.3, 0.4) is 0 Å². The van der Waals surface area contributed by atoms with Gasteiger partial charge in [-0.05, 0) is 41.4 Å². The van der Waals surface area contributed by atoms with Gasteiger partial charge in [-0.1, -0.05) is 11.6 Å². The highest BCUT2D eigenvalue weighted by atomic mass is 79.9. The molecule has 1 rings (SSSR count). The smallest absolute Gasteiger partial charge is 0.253 e. The van der Waals surface area contributed by atoms with Crippen molar-refractivity contribution in [1.29, 1.82) is 0 Å². The monoisotopic (exact) mass is 275 g/mol. The predicted octanol–water partition coefficient (Wildman–Crippen LogP) is 3.06. The van der Waals surface area contributed by atoms with Gasteiger partial charge in [-0.25, -0.2) is 0 Å². The molecular weight excluding hydrogens is 265 g/mol. The Labute approximate surface area is 96.3 Å². The van der Waals surface area contributed by atoms with Crippen molar-refractivity contribution in [1.82, 2.24) is 4.57 Å². The Morgan fingerprint density at radius 1 is 1.71 bits per heavy atom. The van der Waals surface area contributed by atoms with Crippen molar-refractivity contribution < 1.29 is 0 Å². The second kappa shape index (κ2) is 4.80. The van der Waals surface area contributed by atoms with E-state index in [0.29, 0.717) is 6.54 Å². The Balaban J connectivity index is 3.15. The quantitative estimate of drug-likeness (QED) is 0.814. The molecule has 0 aromatic carbocycles. The molecule has 1 aromatic heterocycles. The van der Waals surface area contributed by atoms with Crippen LogP contribution in [0.1, 0.15) is 12.5 Å². The third-order valence-electron chi connectivity index (χ3n) is 1.84. The van der Waals surface area contributed by atoms with Gasteiger partial charge in [0, 0.05) is 28.3 Å². The first kappa shape index (κ1) is 11.5. The first-order valence-electron chi connectivity index (χ1n) is 4.17. The lowest BCUT2D eigenvalue weighted by molar-refractivity contribution is 0.738. The van der Waals surface area contributed by atoms with Gasteiger partial charge in [-0.15, -0.1) is 0 Å². The van der Waals surface area contributed by atoms with Gasteiger partial charge in [-0.3, -0.25) is 4.79 Å². The molecule has 76 valence electrons. The molecule has 0 fully saturated rings. The molecule has 0 aliphatic rings. The number of nitrogens with zero attached hydrogens (tertiary/aromatic N) is 1. The van der Waals surface area contributed by atoms with E-state index < -0.39 is 0 Å². The lowest BCUT2D eigenvalue weighted by atomic mass is 10.3. The Hall–Kier alpha value is -0.540. The van der Waals surface area contributed by atoms with Gasteiger partial charge in [0.05, 0.1) is 0 Å². The molecule has 0 aliphatic heterocycles. The fourth-order valence-corrected chi connectivity index (χ4v) is 1.82. The molecule has 0 amide bonds. The summed E-state index contributed by atoms with van der Waals surface area (Å²) in [7, 11) is 0. The molecule has 1 aromatic rings. The standard InChI is InChI=1S/C10H11BrClNO/c1-7(4-12)5-13-6-9(11)3-8(2)10(13)14/h3-4,6H,5H2,1-2H3/b7-4-. The molecule has 1 heterocycles. The average molecular weight is 277 g/mol. The van der Waals surface area contributed by atoms with E-state index in [1.54, 1.807) is 23.8 Å². The molecule has 0 saturated heterocycles. The molecule has 0 saturated carbocycles. The molecule has 4 heteroatoms. The average Bonchev–Trinajstić information content (AvgIpc) is 2.13. The maximum atomic E-state index is 11.6. The summed E-state index contributed by atoms with van der Waals surface area (Å²) in [5.41, 5.74) is 3.18. The molecule has 2 nitrogen and oxygen atoms in total. The third kappa shape index (κ3) is 2.72. The summed E-state index contributed by atoms with van der Waals surface area (Å²) in [6, 6.07) is 1.80. The largest absolute Gasteiger partial charge is 0.310 e. The van der Waals surface area contributed by atoms with E-state index in [4.69, 9.17) is 11.6 Å². The van der Waals surface area contributed by atoms with Gasteiger partial charge in [0.15, 0.2) is 0 Å². The molecule has 14 heavy (non-hydrogen) atoms. The first-order chi connectivity index (χ1) is 6.54. The van der Waals surface area contributed by atoms with Crippen LogP contribution in [0.5, 0.6) is 0 Å². The van der Waals surface area contributed by atoms with Crippen molar-refractivity contribution in [2.24, 2.45) is 0 Å².